The van der Waals surface area contributed by atoms with Crippen LogP contribution in [0.5, 0.6) is 0 Å². The number of hydrogen-bond acceptors (Lipinski definition) is 3. The van der Waals surface area contributed by atoms with Crippen molar-refractivity contribution in [3.63, 3.8) is 0 Å². The second-order valence-electron chi connectivity index (χ2n) is 5.08. The van der Waals surface area contributed by atoms with Gasteiger partial charge in [0.05, 0.1) is 5.52 Å². The van der Waals surface area contributed by atoms with Gasteiger partial charge in [0.15, 0.2) is 0 Å². The van der Waals surface area contributed by atoms with E-state index in [9.17, 15) is 0 Å². The van der Waals surface area contributed by atoms with E-state index in [1.165, 1.54) is 40.8 Å². The van der Waals surface area contributed by atoms with Gasteiger partial charge in [0, 0.05) is 16.0 Å². The van der Waals surface area contributed by atoms with Crippen LogP contribution in [-0.2, 0) is 12.8 Å². The highest BCUT2D eigenvalue weighted by Crippen LogP contribution is 2.36. The Balaban J connectivity index is 2.08. The normalized spacial score (nSPS) is 14.6. The van der Waals surface area contributed by atoms with Crippen LogP contribution in [0.4, 0.5) is 0 Å². The van der Waals surface area contributed by atoms with Crippen LogP contribution in [0.25, 0.3) is 10.9 Å². The summed E-state index contributed by atoms with van der Waals surface area (Å²) in [6.07, 6.45) is 6.00. The van der Waals surface area contributed by atoms with Gasteiger partial charge in [0.2, 0.25) is 0 Å². The van der Waals surface area contributed by atoms with Gasteiger partial charge in [-0.15, -0.1) is 11.8 Å². The standard InChI is InChI=1S/C16H20N2S/c17-10-5-11-19-16-12-6-1-3-8-14(12)18-15-9-4-2-7-13(15)16/h1,3,6,8H,2,4-5,7,9-11,17H2. The van der Waals surface area contributed by atoms with E-state index in [2.05, 4.69) is 24.3 Å². The SMILES string of the molecule is NCCCSc1c2c(nc3ccccc13)CCCC2. The first-order valence-electron chi connectivity index (χ1n) is 7.13. The number of hydrogen-bond donors (Lipinski definition) is 1. The monoisotopic (exact) mass is 272 g/mol. The number of aryl methyl sites for hydroxylation is 1. The van der Waals surface area contributed by atoms with Crippen molar-refractivity contribution in [1.29, 1.82) is 0 Å². The third-order valence-electron chi connectivity index (χ3n) is 3.71. The third-order valence-corrected chi connectivity index (χ3v) is 4.96. The van der Waals surface area contributed by atoms with Gasteiger partial charge >= 0.3 is 0 Å². The molecule has 0 aliphatic heterocycles. The number of nitrogens with two attached hydrogens (primary N) is 1. The second-order valence-corrected chi connectivity index (χ2v) is 6.19. The summed E-state index contributed by atoms with van der Waals surface area (Å²) in [6.45, 7) is 0.776. The molecule has 0 saturated carbocycles. The number of pyridine rings is 1. The van der Waals surface area contributed by atoms with E-state index in [0.29, 0.717) is 0 Å². The van der Waals surface area contributed by atoms with Gasteiger partial charge in [-0.1, -0.05) is 18.2 Å². The van der Waals surface area contributed by atoms with Crippen molar-refractivity contribution >= 4 is 22.7 Å². The molecule has 1 heterocycles. The molecular weight excluding hydrogens is 252 g/mol. The first-order valence-corrected chi connectivity index (χ1v) is 8.12. The molecule has 2 nitrogen and oxygen atoms in total. The highest BCUT2D eigenvalue weighted by molar-refractivity contribution is 7.99. The van der Waals surface area contributed by atoms with E-state index in [0.717, 1.165) is 30.7 Å². The zero-order valence-corrected chi connectivity index (χ0v) is 12.0. The molecule has 0 fully saturated rings. The fourth-order valence-electron chi connectivity index (χ4n) is 2.75. The molecule has 0 unspecified atom stereocenters. The van der Waals surface area contributed by atoms with Crippen molar-refractivity contribution in [3.8, 4) is 0 Å². The molecule has 3 rings (SSSR count). The summed E-state index contributed by atoms with van der Waals surface area (Å²) in [5.74, 6) is 1.11. The van der Waals surface area contributed by atoms with Crippen LogP contribution in [0.2, 0.25) is 0 Å². The molecule has 1 aliphatic carbocycles. The Morgan fingerprint density at radius 1 is 1.16 bits per heavy atom. The lowest BCUT2D eigenvalue weighted by Gasteiger charge is -2.20. The highest BCUT2D eigenvalue weighted by Gasteiger charge is 2.17. The smallest absolute Gasteiger partial charge is 0.0716 e. The van der Waals surface area contributed by atoms with Crippen LogP contribution < -0.4 is 5.73 Å². The number of aromatic nitrogens is 1. The lowest BCUT2D eigenvalue weighted by Crippen LogP contribution is -2.08. The van der Waals surface area contributed by atoms with Gasteiger partial charge < -0.3 is 5.73 Å². The predicted molar refractivity (Wildman–Crippen MR) is 82.8 cm³/mol. The number of thioether (sulfide) groups is 1. The molecule has 2 N–H and O–H groups in total. The molecule has 0 saturated heterocycles. The summed E-state index contributed by atoms with van der Waals surface area (Å²) >= 11 is 1.97. The Morgan fingerprint density at radius 2 is 2.00 bits per heavy atom. The van der Waals surface area contributed by atoms with Crippen LogP contribution >= 0.6 is 11.8 Å². The summed E-state index contributed by atoms with van der Waals surface area (Å²) in [5.41, 5.74) is 9.61. The molecule has 1 aromatic heterocycles. The summed E-state index contributed by atoms with van der Waals surface area (Å²) < 4.78 is 0. The number of para-hydroxylation sites is 1. The number of benzene rings is 1. The van der Waals surface area contributed by atoms with E-state index in [-0.39, 0.29) is 0 Å². The van der Waals surface area contributed by atoms with E-state index in [4.69, 9.17) is 10.7 Å². The fraction of sp³-hybridized carbons (Fsp3) is 0.438. The van der Waals surface area contributed by atoms with Crippen molar-refractivity contribution in [2.45, 2.75) is 37.0 Å². The molecule has 0 amide bonds. The number of fused-ring (bicyclic) bond motifs is 2. The predicted octanol–water partition coefficient (Wildman–Crippen LogP) is 3.55. The summed E-state index contributed by atoms with van der Waals surface area (Å²) in [7, 11) is 0. The zero-order valence-electron chi connectivity index (χ0n) is 11.2. The van der Waals surface area contributed by atoms with E-state index < -0.39 is 0 Å². The van der Waals surface area contributed by atoms with Gasteiger partial charge in [-0.25, -0.2) is 0 Å². The van der Waals surface area contributed by atoms with Crippen LogP contribution in [0, 0.1) is 0 Å². The summed E-state index contributed by atoms with van der Waals surface area (Å²) in [6, 6.07) is 8.55. The lowest BCUT2D eigenvalue weighted by atomic mass is 9.94. The Labute approximate surface area is 118 Å². The van der Waals surface area contributed by atoms with Crippen molar-refractivity contribution in [2.24, 2.45) is 5.73 Å². The maximum absolute atomic E-state index is 5.62. The molecular formula is C16H20N2S. The first-order chi connectivity index (χ1) is 9.40. The minimum atomic E-state index is 0.776. The zero-order chi connectivity index (χ0) is 13.1. The Morgan fingerprint density at radius 3 is 2.89 bits per heavy atom. The minimum absolute atomic E-state index is 0.776. The van der Waals surface area contributed by atoms with Crippen LogP contribution in [0.15, 0.2) is 29.2 Å². The fourth-order valence-corrected chi connectivity index (χ4v) is 3.99. The van der Waals surface area contributed by atoms with E-state index in [1.54, 1.807) is 0 Å². The molecule has 2 aromatic rings. The molecule has 0 bridgehead atoms. The number of nitrogens with zero attached hydrogens (tertiary/aromatic N) is 1. The van der Waals surface area contributed by atoms with Gasteiger partial charge in [-0.3, -0.25) is 4.98 Å². The van der Waals surface area contributed by atoms with Gasteiger partial charge in [0.25, 0.3) is 0 Å². The van der Waals surface area contributed by atoms with Crippen molar-refractivity contribution < 1.29 is 0 Å². The lowest BCUT2D eigenvalue weighted by molar-refractivity contribution is 0.662. The number of rotatable bonds is 4. The summed E-state index contributed by atoms with van der Waals surface area (Å²) in [5, 5.41) is 1.32. The van der Waals surface area contributed by atoms with Crippen molar-refractivity contribution in [3.05, 3.63) is 35.5 Å². The highest BCUT2D eigenvalue weighted by atomic mass is 32.2. The average Bonchev–Trinajstić information content (AvgIpc) is 2.46. The Bertz CT molecular complexity index is 580. The molecule has 0 atom stereocenters. The molecule has 100 valence electrons. The molecule has 3 heteroatoms. The molecule has 0 spiro atoms. The van der Waals surface area contributed by atoms with Crippen LogP contribution in [0.1, 0.15) is 30.5 Å². The Hall–Kier alpha value is -1.06. The topological polar surface area (TPSA) is 38.9 Å². The molecule has 1 aromatic carbocycles. The van der Waals surface area contributed by atoms with Gasteiger partial charge in [0.1, 0.15) is 0 Å². The largest absolute Gasteiger partial charge is 0.330 e. The molecule has 0 radical (unpaired) electrons. The molecule has 19 heavy (non-hydrogen) atoms. The van der Waals surface area contributed by atoms with Crippen LogP contribution in [0.3, 0.4) is 0 Å². The van der Waals surface area contributed by atoms with E-state index in [1.807, 2.05) is 11.8 Å². The quantitative estimate of drug-likeness (QED) is 0.683. The molecule has 1 aliphatic rings. The maximum atomic E-state index is 5.62. The van der Waals surface area contributed by atoms with Crippen molar-refractivity contribution in [2.75, 3.05) is 12.3 Å². The second kappa shape index (κ2) is 5.93. The Kier molecular flexibility index (Phi) is 4.04. The maximum Gasteiger partial charge on any atom is 0.0716 e. The average molecular weight is 272 g/mol. The summed E-state index contributed by atoms with van der Waals surface area (Å²) in [4.78, 5) is 6.33. The first kappa shape index (κ1) is 12.9. The van der Waals surface area contributed by atoms with E-state index >= 15 is 0 Å². The van der Waals surface area contributed by atoms with Gasteiger partial charge in [-0.2, -0.15) is 0 Å². The minimum Gasteiger partial charge on any atom is -0.330 e. The van der Waals surface area contributed by atoms with Crippen molar-refractivity contribution in [1.82, 2.24) is 4.98 Å². The van der Waals surface area contributed by atoms with Crippen LogP contribution in [-0.4, -0.2) is 17.3 Å². The third kappa shape index (κ3) is 2.63. The van der Waals surface area contributed by atoms with Gasteiger partial charge in [-0.05, 0) is 56.0 Å².